The van der Waals surface area contributed by atoms with Crippen LogP contribution >= 0.6 is 11.8 Å². The molecular formula is C22H23NO4S. The summed E-state index contributed by atoms with van der Waals surface area (Å²) in [5.41, 5.74) is 3.63. The molecule has 28 heavy (non-hydrogen) atoms. The number of anilines is 1. The van der Waals surface area contributed by atoms with Crippen molar-refractivity contribution in [2.24, 2.45) is 0 Å². The Balaban J connectivity index is 2.08. The summed E-state index contributed by atoms with van der Waals surface area (Å²) >= 11 is 1.21. The molecule has 0 unspecified atom stereocenters. The van der Waals surface area contributed by atoms with Crippen LogP contribution in [0.25, 0.3) is 5.57 Å². The van der Waals surface area contributed by atoms with Gasteiger partial charge in [0.2, 0.25) is 0 Å². The second-order valence-corrected chi connectivity index (χ2v) is 7.58. The fraction of sp³-hybridized carbons (Fsp3) is 0.273. The summed E-state index contributed by atoms with van der Waals surface area (Å²) in [5, 5.41) is 9.24. The Labute approximate surface area is 169 Å². The van der Waals surface area contributed by atoms with Crippen molar-refractivity contribution < 1.29 is 19.4 Å². The van der Waals surface area contributed by atoms with Gasteiger partial charge < -0.3 is 9.84 Å². The van der Waals surface area contributed by atoms with E-state index in [-0.39, 0.29) is 18.4 Å². The minimum atomic E-state index is -0.368. The Bertz CT molecular complexity index is 951. The zero-order valence-corrected chi connectivity index (χ0v) is 17.0. The number of hydrogen-bond acceptors (Lipinski definition) is 5. The predicted molar refractivity (Wildman–Crippen MR) is 112 cm³/mol. The van der Waals surface area contributed by atoms with Crippen molar-refractivity contribution >= 4 is 34.8 Å². The molecule has 2 aromatic rings. The van der Waals surface area contributed by atoms with Gasteiger partial charge in [0.25, 0.3) is 11.8 Å². The third-order valence-corrected chi connectivity index (χ3v) is 5.47. The Morgan fingerprint density at radius 1 is 1.07 bits per heavy atom. The van der Waals surface area contributed by atoms with E-state index in [4.69, 9.17) is 4.74 Å². The number of amides is 2. The predicted octanol–water partition coefficient (Wildman–Crippen LogP) is 3.71. The molecule has 0 saturated carbocycles. The molecule has 3 rings (SSSR count). The van der Waals surface area contributed by atoms with Crippen LogP contribution in [0.3, 0.4) is 0 Å². The largest absolute Gasteiger partial charge is 0.494 e. The van der Waals surface area contributed by atoms with E-state index < -0.39 is 0 Å². The first-order chi connectivity index (χ1) is 13.5. The van der Waals surface area contributed by atoms with Crippen molar-refractivity contribution in [3.63, 3.8) is 0 Å². The summed E-state index contributed by atoms with van der Waals surface area (Å²) in [7, 11) is 0. The number of benzene rings is 2. The van der Waals surface area contributed by atoms with Crippen LogP contribution in [0, 0.1) is 13.8 Å². The van der Waals surface area contributed by atoms with Crippen molar-refractivity contribution in [3.8, 4) is 5.75 Å². The Morgan fingerprint density at radius 2 is 1.86 bits per heavy atom. The third kappa shape index (κ3) is 3.84. The third-order valence-electron chi connectivity index (χ3n) is 4.42. The Hall–Kier alpha value is -2.57. The molecule has 1 aliphatic heterocycles. The lowest BCUT2D eigenvalue weighted by Gasteiger charge is -2.16. The van der Waals surface area contributed by atoms with Gasteiger partial charge in [0.1, 0.15) is 5.75 Å². The molecule has 146 valence electrons. The van der Waals surface area contributed by atoms with Gasteiger partial charge in [-0.15, -0.1) is 11.8 Å². The summed E-state index contributed by atoms with van der Waals surface area (Å²) in [6.45, 7) is 6.21. The number of aliphatic hydroxyl groups is 1. The summed E-state index contributed by atoms with van der Waals surface area (Å²) in [6.07, 6.45) is 0. The van der Waals surface area contributed by atoms with Gasteiger partial charge in [-0.05, 0) is 44.0 Å². The number of carbonyl (C=O) groups excluding carboxylic acids is 2. The highest BCUT2D eigenvalue weighted by Crippen LogP contribution is 2.40. The minimum absolute atomic E-state index is 0.0738. The van der Waals surface area contributed by atoms with E-state index in [1.807, 2.05) is 39.0 Å². The van der Waals surface area contributed by atoms with E-state index in [2.05, 4.69) is 0 Å². The second-order valence-electron chi connectivity index (χ2n) is 6.47. The van der Waals surface area contributed by atoms with Gasteiger partial charge in [0.15, 0.2) is 0 Å². The zero-order chi connectivity index (χ0) is 20.3. The summed E-state index contributed by atoms with van der Waals surface area (Å²) in [4.78, 5) is 28.0. The first-order valence-corrected chi connectivity index (χ1v) is 10.1. The fourth-order valence-corrected chi connectivity index (χ4v) is 4.09. The van der Waals surface area contributed by atoms with Crippen molar-refractivity contribution in [3.05, 3.63) is 64.1 Å². The van der Waals surface area contributed by atoms with Crippen LogP contribution in [0.2, 0.25) is 0 Å². The monoisotopic (exact) mass is 397 g/mol. The number of hydrogen-bond donors (Lipinski definition) is 1. The van der Waals surface area contributed by atoms with E-state index in [9.17, 15) is 14.7 Å². The molecule has 2 amide bonds. The molecule has 5 nitrogen and oxygen atoms in total. The molecule has 0 bridgehead atoms. The van der Waals surface area contributed by atoms with Gasteiger partial charge >= 0.3 is 0 Å². The normalized spacial score (nSPS) is 14.2. The molecule has 1 aliphatic rings. The molecule has 6 heteroatoms. The highest BCUT2D eigenvalue weighted by atomic mass is 32.2. The quantitative estimate of drug-likeness (QED) is 0.722. The molecule has 0 saturated heterocycles. The van der Waals surface area contributed by atoms with Gasteiger partial charge in [-0.3, -0.25) is 9.59 Å². The topological polar surface area (TPSA) is 66.8 Å². The average molecular weight is 397 g/mol. The molecule has 1 N–H and O–H groups in total. The first kappa shape index (κ1) is 20.2. The number of aryl methyl sites for hydroxylation is 2. The van der Waals surface area contributed by atoms with Gasteiger partial charge in [0, 0.05) is 11.8 Å². The summed E-state index contributed by atoms with van der Waals surface area (Å²) in [6, 6.07) is 12.8. The van der Waals surface area contributed by atoms with Crippen LogP contribution in [0.4, 0.5) is 5.69 Å². The van der Waals surface area contributed by atoms with Crippen LogP contribution in [0.15, 0.2) is 47.4 Å². The number of thioether (sulfide) groups is 1. The molecule has 0 atom stereocenters. The zero-order valence-electron chi connectivity index (χ0n) is 16.2. The van der Waals surface area contributed by atoms with Crippen LogP contribution in [-0.2, 0) is 9.59 Å². The number of imide groups is 1. The maximum absolute atomic E-state index is 13.3. The number of nitrogens with zero attached hydrogens (tertiary/aromatic N) is 1. The van der Waals surface area contributed by atoms with Crippen LogP contribution in [-0.4, -0.2) is 35.9 Å². The minimum Gasteiger partial charge on any atom is -0.494 e. The van der Waals surface area contributed by atoms with Crippen LogP contribution < -0.4 is 9.64 Å². The van der Waals surface area contributed by atoms with Crippen molar-refractivity contribution in [2.75, 3.05) is 23.9 Å². The highest BCUT2D eigenvalue weighted by molar-refractivity contribution is 8.04. The smallest absolute Gasteiger partial charge is 0.272 e. The maximum Gasteiger partial charge on any atom is 0.272 e. The Kier molecular flexibility index (Phi) is 6.21. The molecule has 1 heterocycles. The first-order valence-electron chi connectivity index (χ1n) is 9.15. The van der Waals surface area contributed by atoms with Crippen molar-refractivity contribution in [1.82, 2.24) is 0 Å². The molecule has 0 fully saturated rings. The van der Waals surface area contributed by atoms with E-state index in [0.717, 1.165) is 16.7 Å². The number of carbonyl (C=O) groups is 2. The van der Waals surface area contributed by atoms with E-state index >= 15 is 0 Å². The van der Waals surface area contributed by atoms with Crippen molar-refractivity contribution in [1.29, 1.82) is 0 Å². The lowest BCUT2D eigenvalue weighted by molar-refractivity contribution is -0.119. The van der Waals surface area contributed by atoms with Gasteiger partial charge in [0.05, 0.1) is 29.4 Å². The molecule has 0 spiro atoms. The standard InChI is InChI=1S/C22H23NO4S/c1-4-27-17-7-5-6-16(13-17)23-21(25)19(20(22(23)26)28-11-10-24)18-9-8-14(2)12-15(18)3/h5-9,12-13,24H,4,10-11H2,1-3H3. The lowest BCUT2D eigenvalue weighted by Crippen LogP contribution is -2.31. The number of aliphatic hydroxyl groups excluding tert-OH is 1. The molecule has 0 aliphatic carbocycles. The highest BCUT2D eigenvalue weighted by Gasteiger charge is 2.40. The van der Waals surface area contributed by atoms with Gasteiger partial charge in [-0.1, -0.05) is 29.8 Å². The van der Waals surface area contributed by atoms with E-state index in [1.54, 1.807) is 24.3 Å². The molecular weight excluding hydrogens is 374 g/mol. The molecule has 0 radical (unpaired) electrons. The van der Waals surface area contributed by atoms with Crippen LogP contribution in [0.1, 0.15) is 23.6 Å². The Morgan fingerprint density at radius 3 is 2.54 bits per heavy atom. The second kappa shape index (κ2) is 8.63. The number of rotatable bonds is 7. The fourth-order valence-electron chi connectivity index (χ4n) is 3.24. The lowest BCUT2D eigenvalue weighted by atomic mass is 9.99. The summed E-state index contributed by atoms with van der Waals surface area (Å²) in [5.74, 6) is 0.221. The van der Waals surface area contributed by atoms with Crippen LogP contribution in [0.5, 0.6) is 5.75 Å². The van der Waals surface area contributed by atoms with E-state index in [0.29, 0.717) is 34.3 Å². The number of ether oxygens (including phenoxy) is 1. The summed E-state index contributed by atoms with van der Waals surface area (Å²) < 4.78 is 5.51. The molecule has 0 aromatic heterocycles. The SMILES string of the molecule is CCOc1cccc(N2C(=O)C(SCCO)=C(c3ccc(C)cc3C)C2=O)c1. The molecule has 2 aromatic carbocycles. The average Bonchev–Trinajstić information content (AvgIpc) is 2.90. The van der Waals surface area contributed by atoms with Crippen molar-refractivity contribution in [2.45, 2.75) is 20.8 Å². The van der Waals surface area contributed by atoms with Gasteiger partial charge in [-0.25, -0.2) is 4.90 Å². The van der Waals surface area contributed by atoms with E-state index in [1.165, 1.54) is 16.7 Å². The van der Waals surface area contributed by atoms with Gasteiger partial charge in [-0.2, -0.15) is 0 Å². The maximum atomic E-state index is 13.3.